The molecule has 0 radical (unpaired) electrons. The van der Waals surface area contributed by atoms with Crippen molar-refractivity contribution in [1.29, 1.82) is 0 Å². The molecule has 17 heavy (non-hydrogen) atoms. The first-order valence-electron chi connectivity index (χ1n) is 5.43. The molecular weight excluding hydrogens is 236 g/mol. The number of hydrogen-bond donors (Lipinski definition) is 1. The van der Waals surface area contributed by atoms with Gasteiger partial charge in [0.2, 0.25) is 0 Å². The summed E-state index contributed by atoms with van der Waals surface area (Å²) < 4.78 is 1.39. The number of nitrogens with zero attached hydrogens (tertiary/aromatic N) is 2. The molecule has 2 heterocycles. The molecule has 1 aliphatic heterocycles. The third-order valence-electron chi connectivity index (χ3n) is 3.25. The molecule has 0 bridgehead atoms. The average Bonchev–Trinajstić information content (AvgIpc) is 2.50. The lowest BCUT2D eigenvalue weighted by molar-refractivity contribution is -0.0203. The molecule has 1 N–H and O–H groups in total. The van der Waals surface area contributed by atoms with E-state index in [0.29, 0.717) is 16.1 Å². The molecule has 0 spiro atoms. The lowest BCUT2D eigenvalue weighted by Gasteiger charge is -2.23. The predicted molar refractivity (Wildman–Crippen MR) is 67.2 cm³/mol. The first-order chi connectivity index (χ1) is 8.01. The second-order valence-corrected chi connectivity index (χ2v) is 5.71. The van der Waals surface area contributed by atoms with Crippen LogP contribution in [0.25, 0.3) is 10.9 Å². The molecule has 3 rings (SSSR count). The fourth-order valence-electron chi connectivity index (χ4n) is 2.04. The van der Waals surface area contributed by atoms with E-state index in [1.807, 2.05) is 19.1 Å². The number of rotatable bonds is 0. The predicted octanol–water partition coefficient (Wildman–Crippen LogP) is 1.56. The summed E-state index contributed by atoms with van der Waals surface area (Å²) in [6.07, 6.45) is 0. The van der Waals surface area contributed by atoms with Gasteiger partial charge in [0, 0.05) is 0 Å². The molecule has 0 saturated carbocycles. The van der Waals surface area contributed by atoms with E-state index >= 15 is 0 Å². The molecule has 4 nitrogen and oxygen atoms in total. The first kappa shape index (κ1) is 10.8. The normalized spacial score (nSPS) is 27.4. The van der Waals surface area contributed by atoms with Crippen LogP contribution in [0, 0.1) is 0 Å². The van der Waals surface area contributed by atoms with E-state index < -0.39 is 5.72 Å². The maximum absolute atomic E-state index is 12.3. The molecule has 0 fully saturated rings. The van der Waals surface area contributed by atoms with Gasteiger partial charge in [-0.25, -0.2) is 4.98 Å². The Bertz CT molecular complexity index is 663. The molecule has 1 aliphatic rings. The fraction of sp³-hybridized carbons (Fsp3) is 0.333. The number of benzene rings is 1. The van der Waals surface area contributed by atoms with Crippen LogP contribution in [0.5, 0.6) is 0 Å². The molecule has 2 aromatic rings. The van der Waals surface area contributed by atoms with E-state index in [9.17, 15) is 9.90 Å². The van der Waals surface area contributed by atoms with Crippen molar-refractivity contribution in [3.8, 4) is 0 Å². The monoisotopic (exact) mass is 248 g/mol. The maximum Gasteiger partial charge on any atom is 0.264 e. The van der Waals surface area contributed by atoms with Gasteiger partial charge in [0.15, 0.2) is 10.9 Å². The highest BCUT2D eigenvalue weighted by Gasteiger charge is 2.41. The number of aromatic nitrogens is 2. The Labute approximate surface area is 102 Å². The van der Waals surface area contributed by atoms with Gasteiger partial charge in [-0.2, -0.15) is 0 Å². The molecule has 2 unspecified atom stereocenters. The van der Waals surface area contributed by atoms with Crippen LogP contribution in [0.4, 0.5) is 0 Å². The van der Waals surface area contributed by atoms with Crippen molar-refractivity contribution in [2.75, 3.05) is 0 Å². The zero-order chi connectivity index (χ0) is 12.2. The second-order valence-electron chi connectivity index (χ2n) is 4.41. The van der Waals surface area contributed by atoms with E-state index in [1.165, 1.54) is 16.3 Å². The fourth-order valence-corrected chi connectivity index (χ4v) is 3.21. The minimum atomic E-state index is -1.17. The Morgan fingerprint density at radius 1 is 1.47 bits per heavy atom. The number of hydrogen-bond acceptors (Lipinski definition) is 4. The molecule has 1 aromatic carbocycles. The molecule has 5 heteroatoms. The van der Waals surface area contributed by atoms with Gasteiger partial charge in [-0.05, 0) is 26.0 Å². The highest BCUT2D eigenvalue weighted by molar-refractivity contribution is 8.00. The molecule has 1 aromatic heterocycles. The lowest BCUT2D eigenvalue weighted by atomic mass is 10.1. The summed E-state index contributed by atoms with van der Waals surface area (Å²) in [4.78, 5) is 16.8. The molecule has 0 saturated heterocycles. The number of fused-ring (bicyclic) bond motifs is 2. The quantitative estimate of drug-likeness (QED) is 0.719. The van der Waals surface area contributed by atoms with E-state index in [-0.39, 0.29) is 10.8 Å². The molecule has 88 valence electrons. The van der Waals surface area contributed by atoms with Crippen LogP contribution in [0.15, 0.2) is 34.2 Å². The lowest BCUT2D eigenvalue weighted by Crippen LogP contribution is -2.41. The van der Waals surface area contributed by atoms with Crippen LogP contribution >= 0.6 is 11.8 Å². The van der Waals surface area contributed by atoms with E-state index in [0.717, 1.165) is 0 Å². The third kappa shape index (κ3) is 1.36. The van der Waals surface area contributed by atoms with Crippen LogP contribution in [0.2, 0.25) is 0 Å². The standard InChI is InChI=1S/C12H12N2O2S/c1-7-12(2,16)14-10(15)8-5-3-4-6-9(8)13-11(14)17-7/h3-7,16H,1-2H3. The largest absolute Gasteiger partial charge is 0.369 e. The number of para-hydroxylation sites is 1. The van der Waals surface area contributed by atoms with Crippen LogP contribution in [0.1, 0.15) is 13.8 Å². The molecule has 2 atom stereocenters. The van der Waals surface area contributed by atoms with Crippen LogP contribution in [-0.4, -0.2) is 19.9 Å². The van der Waals surface area contributed by atoms with Gasteiger partial charge in [-0.1, -0.05) is 23.9 Å². The van der Waals surface area contributed by atoms with Gasteiger partial charge in [0.1, 0.15) is 0 Å². The minimum Gasteiger partial charge on any atom is -0.369 e. The van der Waals surface area contributed by atoms with Gasteiger partial charge in [-0.3, -0.25) is 9.36 Å². The summed E-state index contributed by atoms with van der Waals surface area (Å²) in [6, 6.07) is 7.21. The van der Waals surface area contributed by atoms with Gasteiger partial charge >= 0.3 is 0 Å². The van der Waals surface area contributed by atoms with Crippen molar-refractivity contribution in [2.24, 2.45) is 0 Å². The Morgan fingerprint density at radius 3 is 2.94 bits per heavy atom. The zero-order valence-corrected chi connectivity index (χ0v) is 10.4. The SMILES string of the molecule is CC1Sc2nc3ccccc3c(=O)n2C1(C)O. The van der Waals surface area contributed by atoms with Crippen molar-refractivity contribution < 1.29 is 5.11 Å². The smallest absolute Gasteiger partial charge is 0.264 e. The van der Waals surface area contributed by atoms with Crippen LogP contribution in [0.3, 0.4) is 0 Å². The molecule has 0 aliphatic carbocycles. The summed E-state index contributed by atoms with van der Waals surface area (Å²) in [5, 5.41) is 11.4. The van der Waals surface area contributed by atoms with Crippen LogP contribution < -0.4 is 5.56 Å². The van der Waals surface area contributed by atoms with Crippen molar-refractivity contribution in [3.63, 3.8) is 0 Å². The first-order valence-corrected chi connectivity index (χ1v) is 6.31. The molecular formula is C12H12N2O2S. The Morgan fingerprint density at radius 2 is 2.18 bits per heavy atom. The Balaban J connectivity index is 2.44. The minimum absolute atomic E-state index is 0.0838. The topological polar surface area (TPSA) is 55.1 Å². The van der Waals surface area contributed by atoms with Crippen molar-refractivity contribution in [3.05, 3.63) is 34.6 Å². The van der Waals surface area contributed by atoms with E-state index in [2.05, 4.69) is 4.98 Å². The zero-order valence-electron chi connectivity index (χ0n) is 9.54. The van der Waals surface area contributed by atoms with E-state index in [4.69, 9.17) is 0 Å². The summed E-state index contributed by atoms with van der Waals surface area (Å²) in [5.41, 5.74) is -0.665. The molecule has 0 amide bonds. The average molecular weight is 248 g/mol. The summed E-state index contributed by atoms with van der Waals surface area (Å²) in [6.45, 7) is 3.54. The Hall–Kier alpha value is -1.33. The van der Waals surface area contributed by atoms with Crippen molar-refractivity contribution >= 4 is 22.7 Å². The van der Waals surface area contributed by atoms with Crippen LogP contribution in [-0.2, 0) is 5.72 Å². The van der Waals surface area contributed by atoms with Crippen molar-refractivity contribution in [1.82, 2.24) is 9.55 Å². The Kier molecular flexibility index (Phi) is 2.12. The highest BCUT2D eigenvalue weighted by Crippen LogP contribution is 2.40. The van der Waals surface area contributed by atoms with Gasteiger partial charge in [0.05, 0.1) is 16.2 Å². The highest BCUT2D eigenvalue weighted by atomic mass is 32.2. The number of aliphatic hydroxyl groups is 1. The maximum atomic E-state index is 12.3. The van der Waals surface area contributed by atoms with Gasteiger partial charge < -0.3 is 5.11 Å². The van der Waals surface area contributed by atoms with Gasteiger partial charge in [0.25, 0.3) is 5.56 Å². The summed E-state index contributed by atoms with van der Waals surface area (Å²) >= 11 is 1.43. The third-order valence-corrected chi connectivity index (χ3v) is 4.53. The summed E-state index contributed by atoms with van der Waals surface area (Å²) in [7, 11) is 0. The summed E-state index contributed by atoms with van der Waals surface area (Å²) in [5.74, 6) is 0. The van der Waals surface area contributed by atoms with E-state index in [1.54, 1.807) is 19.1 Å². The number of thioether (sulfide) groups is 1. The van der Waals surface area contributed by atoms with Gasteiger partial charge in [-0.15, -0.1) is 0 Å². The van der Waals surface area contributed by atoms with Crippen molar-refractivity contribution in [2.45, 2.75) is 30.0 Å². The second kappa shape index (κ2) is 3.34.